The van der Waals surface area contributed by atoms with Crippen LogP contribution in [0.4, 0.5) is 11.8 Å². The van der Waals surface area contributed by atoms with Crippen LogP contribution in [-0.4, -0.2) is 52.1 Å². The molecule has 0 bridgehead atoms. The highest BCUT2D eigenvalue weighted by atomic mass is 15.1. The number of guanidine groups is 1. The van der Waals surface area contributed by atoms with Gasteiger partial charge in [-0.25, -0.2) is 4.98 Å². The SMILES string of the molecule is NCCCCNC(N)=NCCCNc1nc(N)nc2nc[nH]c12. The fourth-order valence-corrected chi connectivity index (χ4v) is 2.01. The number of hydrogen-bond acceptors (Lipinski definition) is 7. The summed E-state index contributed by atoms with van der Waals surface area (Å²) in [6.45, 7) is 2.80. The van der Waals surface area contributed by atoms with Crippen molar-refractivity contribution < 1.29 is 0 Å². The minimum Gasteiger partial charge on any atom is -0.370 e. The van der Waals surface area contributed by atoms with Crippen LogP contribution in [0.3, 0.4) is 0 Å². The standard InChI is InChI=1S/C13H24N10/c14-4-1-2-5-18-12(15)19-7-3-6-17-10-9-11(21-8-20-9)23-13(16)22-10/h8H,1-7,14H2,(H3,15,18,19)(H4,16,17,20,21,22,23). The lowest BCUT2D eigenvalue weighted by Gasteiger charge is -2.07. The molecule has 0 amide bonds. The summed E-state index contributed by atoms with van der Waals surface area (Å²) in [6.07, 6.45) is 4.34. The Morgan fingerprint density at radius 1 is 1.22 bits per heavy atom. The van der Waals surface area contributed by atoms with E-state index in [1.807, 2.05) is 0 Å². The molecule has 23 heavy (non-hydrogen) atoms. The number of aromatic nitrogens is 4. The van der Waals surface area contributed by atoms with E-state index in [4.69, 9.17) is 17.2 Å². The van der Waals surface area contributed by atoms with Crippen molar-refractivity contribution in [2.45, 2.75) is 19.3 Å². The van der Waals surface area contributed by atoms with E-state index < -0.39 is 0 Å². The van der Waals surface area contributed by atoms with Crippen molar-refractivity contribution in [3.63, 3.8) is 0 Å². The van der Waals surface area contributed by atoms with E-state index in [1.165, 1.54) is 0 Å². The van der Waals surface area contributed by atoms with Crippen LogP contribution in [0.25, 0.3) is 11.2 Å². The van der Waals surface area contributed by atoms with E-state index >= 15 is 0 Å². The molecule has 0 radical (unpaired) electrons. The van der Waals surface area contributed by atoms with Crippen LogP contribution in [0.5, 0.6) is 0 Å². The molecule has 0 fully saturated rings. The number of unbranched alkanes of at least 4 members (excludes halogenated alkanes) is 1. The van der Waals surface area contributed by atoms with Gasteiger partial charge in [0.1, 0.15) is 5.52 Å². The zero-order valence-corrected chi connectivity index (χ0v) is 13.0. The molecule has 0 aliphatic heterocycles. The number of nitrogen functional groups attached to an aromatic ring is 1. The number of aromatic amines is 1. The third kappa shape index (κ3) is 5.25. The molecule has 2 aromatic rings. The van der Waals surface area contributed by atoms with E-state index in [-0.39, 0.29) is 5.95 Å². The van der Waals surface area contributed by atoms with Gasteiger partial charge < -0.3 is 32.8 Å². The monoisotopic (exact) mass is 320 g/mol. The molecular formula is C13H24N10. The summed E-state index contributed by atoms with van der Waals surface area (Å²) in [4.78, 5) is 19.5. The molecule has 0 saturated heterocycles. The van der Waals surface area contributed by atoms with Gasteiger partial charge in [0.25, 0.3) is 0 Å². The largest absolute Gasteiger partial charge is 0.370 e. The van der Waals surface area contributed by atoms with Gasteiger partial charge in [0, 0.05) is 19.6 Å². The molecule has 126 valence electrons. The number of nitrogens with zero attached hydrogens (tertiary/aromatic N) is 4. The topological polar surface area (TPSA) is 169 Å². The second kappa shape index (κ2) is 8.73. The number of anilines is 2. The Labute approximate surface area is 134 Å². The lowest BCUT2D eigenvalue weighted by atomic mass is 10.3. The Balaban J connectivity index is 1.71. The lowest BCUT2D eigenvalue weighted by molar-refractivity contribution is 0.712. The number of rotatable bonds is 9. The third-order valence-electron chi connectivity index (χ3n) is 3.15. The zero-order valence-electron chi connectivity index (χ0n) is 13.0. The quantitative estimate of drug-likeness (QED) is 0.202. The Kier molecular flexibility index (Phi) is 6.36. The normalized spacial score (nSPS) is 11.8. The number of aliphatic imine (C=N–C) groups is 1. The first-order valence-electron chi connectivity index (χ1n) is 7.65. The Hall–Kier alpha value is -2.62. The Morgan fingerprint density at radius 3 is 2.91 bits per heavy atom. The summed E-state index contributed by atoms with van der Waals surface area (Å²) >= 11 is 0. The first kappa shape index (κ1) is 16.7. The van der Waals surface area contributed by atoms with Crippen LogP contribution in [-0.2, 0) is 0 Å². The van der Waals surface area contributed by atoms with E-state index in [1.54, 1.807) is 6.33 Å². The lowest BCUT2D eigenvalue weighted by Crippen LogP contribution is -2.32. The van der Waals surface area contributed by atoms with Gasteiger partial charge in [-0.2, -0.15) is 9.97 Å². The van der Waals surface area contributed by atoms with Gasteiger partial charge >= 0.3 is 0 Å². The van der Waals surface area contributed by atoms with E-state index in [0.717, 1.165) is 31.3 Å². The highest BCUT2D eigenvalue weighted by Gasteiger charge is 2.07. The fraction of sp³-hybridized carbons (Fsp3) is 0.538. The second-order valence-corrected chi connectivity index (χ2v) is 5.00. The zero-order chi connectivity index (χ0) is 16.5. The molecular weight excluding hydrogens is 296 g/mol. The van der Waals surface area contributed by atoms with E-state index in [2.05, 4.69) is 35.6 Å². The molecule has 0 atom stereocenters. The van der Waals surface area contributed by atoms with Gasteiger partial charge in [-0.15, -0.1) is 0 Å². The molecule has 0 saturated carbocycles. The van der Waals surface area contributed by atoms with Crippen molar-refractivity contribution >= 4 is 28.9 Å². The van der Waals surface area contributed by atoms with Crippen LogP contribution in [0.2, 0.25) is 0 Å². The van der Waals surface area contributed by atoms with Crippen LogP contribution in [0, 0.1) is 0 Å². The minimum absolute atomic E-state index is 0.191. The van der Waals surface area contributed by atoms with Crippen LogP contribution < -0.4 is 27.8 Å². The molecule has 0 unspecified atom stereocenters. The maximum atomic E-state index is 5.77. The number of hydrogen-bond donors (Lipinski definition) is 6. The smallest absolute Gasteiger partial charge is 0.224 e. The van der Waals surface area contributed by atoms with Gasteiger partial charge in [-0.3, -0.25) is 4.99 Å². The first-order valence-corrected chi connectivity index (χ1v) is 7.65. The summed E-state index contributed by atoms with van der Waals surface area (Å²) in [5, 5.41) is 6.26. The predicted octanol–water partition coefficient (Wildman–Crippen LogP) is -0.620. The number of nitrogens with one attached hydrogen (secondary N) is 3. The van der Waals surface area contributed by atoms with Crippen molar-refractivity contribution in [1.82, 2.24) is 25.3 Å². The minimum atomic E-state index is 0.191. The molecule has 0 aliphatic carbocycles. The molecule has 9 N–H and O–H groups in total. The second-order valence-electron chi connectivity index (χ2n) is 5.00. The third-order valence-corrected chi connectivity index (χ3v) is 3.15. The highest BCUT2D eigenvalue weighted by molar-refractivity contribution is 5.83. The fourth-order valence-electron chi connectivity index (χ4n) is 2.01. The van der Waals surface area contributed by atoms with Gasteiger partial charge in [0.2, 0.25) is 5.95 Å². The molecule has 0 aromatic carbocycles. The molecule has 10 heteroatoms. The first-order chi connectivity index (χ1) is 11.2. The van der Waals surface area contributed by atoms with Crippen molar-refractivity contribution in [2.24, 2.45) is 16.5 Å². The van der Waals surface area contributed by atoms with Gasteiger partial charge in [0.05, 0.1) is 6.33 Å². The van der Waals surface area contributed by atoms with Crippen molar-refractivity contribution in [2.75, 3.05) is 37.2 Å². The Bertz CT molecular complexity index is 635. The maximum Gasteiger partial charge on any atom is 0.224 e. The van der Waals surface area contributed by atoms with Crippen molar-refractivity contribution in [1.29, 1.82) is 0 Å². The summed E-state index contributed by atoms with van der Waals surface area (Å²) in [6, 6.07) is 0. The Morgan fingerprint density at radius 2 is 2.09 bits per heavy atom. The molecule has 0 aliphatic rings. The maximum absolute atomic E-state index is 5.77. The number of H-pyrrole nitrogens is 1. The summed E-state index contributed by atoms with van der Waals surface area (Å²) < 4.78 is 0. The average molecular weight is 320 g/mol. The molecule has 2 aromatic heterocycles. The summed E-state index contributed by atoms with van der Waals surface area (Å²) in [7, 11) is 0. The van der Waals surface area contributed by atoms with Crippen LogP contribution >= 0.6 is 0 Å². The summed E-state index contributed by atoms with van der Waals surface area (Å²) in [5.74, 6) is 1.29. The van der Waals surface area contributed by atoms with E-state index in [0.29, 0.717) is 37.1 Å². The average Bonchev–Trinajstić information content (AvgIpc) is 2.99. The number of imidazole rings is 1. The summed E-state index contributed by atoms with van der Waals surface area (Å²) in [5.41, 5.74) is 18.1. The van der Waals surface area contributed by atoms with Crippen molar-refractivity contribution in [3.8, 4) is 0 Å². The van der Waals surface area contributed by atoms with Crippen molar-refractivity contribution in [3.05, 3.63) is 6.33 Å². The molecule has 2 heterocycles. The predicted molar refractivity (Wildman–Crippen MR) is 92.0 cm³/mol. The highest BCUT2D eigenvalue weighted by Crippen LogP contribution is 2.16. The van der Waals surface area contributed by atoms with Gasteiger partial charge in [0.15, 0.2) is 17.4 Å². The molecule has 0 spiro atoms. The number of nitrogens with two attached hydrogens (primary N) is 3. The number of fused-ring (bicyclic) bond motifs is 1. The van der Waals surface area contributed by atoms with Gasteiger partial charge in [-0.05, 0) is 25.8 Å². The molecule has 10 nitrogen and oxygen atoms in total. The van der Waals surface area contributed by atoms with E-state index in [9.17, 15) is 0 Å². The van der Waals surface area contributed by atoms with Crippen LogP contribution in [0.1, 0.15) is 19.3 Å². The van der Waals surface area contributed by atoms with Crippen LogP contribution in [0.15, 0.2) is 11.3 Å². The molecule has 2 rings (SSSR count). The van der Waals surface area contributed by atoms with Gasteiger partial charge in [-0.1, -0.05) is 0 Å².